The van der Waals surface area contributed by atoms with Crippen molar-refractivity contribution in [3.8, 4) is 11.5 Å². The SMILES string of the molecule is CC(C)OCC(O)CN(C)Cc1ccc2c(c1)OCCO2. The molecule has 1 aromatic carbocycles. The lowest BCUT2D eigenvalue weighted by Gasteiger charge is -2.23. The molecule has 1 atom stereocenters. The standard InChI is InChI=1S/C16H25NO4/c1-12(2)21-11-14(18)10-17(3)9-13-4-5-15-16(8-13)20-7-6-19-15/h4-5,8,12,14,18H,6-7,9-11H2,1-3H3. The topological polar surface area (TPSA) is 51.2 Å². The third-order valence-electron chi connectivity index (χ3n) is 3.20. The number of aliphatic hydroxyl groups is 1. The van der Waals surface area contributed by atoms with Gasteiger partial charge in [-0.15, -0.1) is 0 Å². The summed E-state index contributed by atoms with van der Waals surface area (Å²) in [6.07, 6.45) is -0.336. The molecule has 1 aliphatic heterocycles. The van der Waals surface area contributed by atoms with Gasteiger partial charge in [0.15, 0.2) is 11.5 Å². The lowest BCUT2D eigenvalue weighted by Crippen LogP contribution is -2.32. The Bertz CT molecular complexity index is 450. The van der Waals surface area contributed by atoms with E-state index in [1.807, 2.05) is 39.1 Å². The summed E-state index contributed by atoms with van der Waals surface area (Å²) in [5.41, 5.74) is 1.14. The fraction of sp³-hybridized carbons (Fsp3) is 0.625. The molecule has 0 bridgehead atoms. The largest absolute Gasteiger partial charge is 0.486 e. The van der Waals surface area contributed by atoms with Crippen molar-refractivity contribution in [1.29, 1.82) is 0 Å². The Balaban J connectivity index is 1.83. The average molecular weight is 295 g/mol. The number of fused-ring (bicyclic) bond motifs is 1. The molecule has 0 spiro atoms. The van der Waals surface area contributed by atoms with Crippen LogP contribution >= 0.6 is 0 Å². The van der Waals surface area contributed by atoms with E-state index in [1.165, 1.54) is 0 Å². The highest BCUT2D eigenvalue weighted by Crippen LogP contribution is 2.30. The summed E-state index contributed by atoms with van der Waals surface area (Å²) in [7, 11) is 1.98. The average Bonchev–Trinajstić information content (AvgIpc) is 2.45. The van der Waals surface area contributed by atoms with Crippen LogP contribution in [0.15, 0.2) is 18.2 Å². The fourth-order valence-corrected chi connectivity index (χ4v) is 2.28. The van der Waals surface area contributed by atoms with Crippen molar-refractivity contribution in [3.63, 3.8) is 0 Å². The normalized spacial score (nSPS) is 15.5. The zero-order valence-electron chi connectivity index (χ0n) is 13.0. The Hall–Kier alpha value is -1.30. The lowest BCUT2D eigenvalue weighted by atomic mass is 10.2. The summed E-state index contributed by atoms with van der Waals surface area (Å²) in [6.45, 7) is 6.81. The van der Waals surface area contributed by atoms with Crippen LogP contribution in [0, 0.1) is 0 Å². The number of aliphatic hydroxyl groups excluding tert-OH is 1. The van der Waals surface area contributed by atoms with Gasteiger partial charge in [0.25, 0.3) is 0 Å². The number of nitrogens with zero attached hydrogens (tertiary/aromatic N) is 1. The van der Waals surface area contributed by atoms with E-state index in [0.29, 0.717) is 26.4 Å². The maximum atomic E-state index is 9.93. The first-order valence-corrected chi connectivity index (χ1v) is 7.41. The van der Waals surface area contributed by atoms with Gasteiger partial charge in [-0.05, 0) is 38.6 Å². The zero-order valence-corrected chi connectivity index (χ0v) is 13.0. The summed E-state index contributed by atoms with van der Waals surface area (Å²) in [4.78, 5) is 2.07. The summed E-state index contributed by atoms with van der Waals surface area (Å²) < 4.78 is 16.5. The van der Waals surface area contributed by atoms with Gasteiger partial charge in [-0.1, -0.05) is 6.07 Å². The molecule has 0 aromatic heterocycles. The highest BCUT2D eigenvalue weighted by Gasteiger charge is 2.14. The van der Waals surface area contributed by atoms with E-state index in [9.17, 15) is 5.11 Å². The Morgan fingerprint density at radius 1 is 1.24 bits per heavy atom. The molecule has 0 fully saturated rings. The molecule has 2 rings (SSSR count). The summed E-state index contributed by atoms with van der Waals surface area (Å²) in [5.74, 6) is 1.61. The number of likely N-dealkylation sites (N-methyl/N-ethyl adjacent to an activating group) is 1. The minimum atomic E-state index is -0.477. The molecule has 1 aromatic rings. The predicted molar refractivity (Wildman–Crippen MR) is 80.9 cm³/mol. The van der Waals surface area contributed by atoms with Gasteiger partial charge in [-0.25, -0.2) is 0 Å². The van der Waals surface area contributed by atoms with Crippen molar-refractivity contribution in [1.82, 2.24) is 4.90 Å². The summed E-state index contributed by atoms with van der Waals surface area (Å²) >= 11 is 0. The van der Waals surface area contributed by atoms with Crippen molar-refractivity contribution < 1.29 is 19.3 Å². The molecule has 0 saturated carbocycles. The highest BCUT2D eigenvalue weighted by atomic mass is 16.6. The number of ether oxygens (including phenoxy) is 3. The second-order valence-electron chi connectivity index (χ2n) is 5.71. The van der Waals surface area contributed by atoms with Gasteiger partial charge in [0.2, 0.25) is 0 Å². The second-order valence-corrected chi connectivity index (χ2v) is 5.71. The number of rotatable bonds is 7. The molecule has 1 unspecified atom stereocenters. The molecule has 5 nitrogen and oxygen atoms in total. The molecule has 0 radical (unpaired) electrons. The molecule has 118 valence electrons. The van der Waals surface area contributed by atoms with Crippen molar-refractivity contribution >= 4 is 0 Å². The van der Waals surface area contributed by atoms with Crippen LogP contribution in [0.25, 0.3) is 0 Å². The van der Waals surface area contributed by atoms with E-state index in [0.717, 1.165) is 23.6 Å². The predicted octanol–water partition coefficient (Wildman–Crippen LogP) is 1.68. The van der Waals surface area contributed by atoms with Crippen LogP contribution in [0.3, 0.4) is 0 Å². The van der Waals surface area contributed by atoms with Crippen LogP contribution in [0.5, 0.6) is 11.5 Å². The molecule has 5 heteroatoms. The molecule has 1 heterocycles. The van der Waals surface area contributed by atoms with Crippen LogP contribution in [0.1, 0.15) is 19.4 Å². The van der Waals surface area contributed by atoms with Crippen LogP contribution < -0.4 is 9.47 Å². The van der Waals surface area contributed by atoms with E-state index in [-0.39, 0.29) is 6.10 Å². The third-order valence-corrected chi connectivity index (χ3v) is 3.20. The molecule has 0 aliphatic carbocycles. The minimum Gasteiger partial charge on any atom is -0.486 e. The van der Waals surface area contributed by atoms with Gasteiger partial charge in [0.05, 0.1) is 18.8 Å². The van der Waals surface area contributed by atoms with E-state index < -0.39 is 6.10 Å². The Morgan fingerprint density at radius 2 is 1.95 bits per heavy atom. The van der Waals surface area contributed by atoms with E-state index in [4.69, 9.17) is 14.2 Å². The van der Waals surface area contributed by atoms with Crippen LogP contribution in [0.2, 0.25) is 0 Å². The maximum Gasteiger partial charge on any atom is 0.161 e. The molecule has 0 saturated heterocycles. The lowest BCUT2D eigenvalue weighted by molar-refractivity contribution is -0.00635. The third kappa shape index (κ3) is 5.19. The molecular formula is C16H25NO4. The number of hydrogen-bond acceptors (Lipinski definition) is 5. The van der Waals surface area contributed by atoms with Gasteiger partial charge in [-0.2, -0.15) is 0 Å². The van der Waals surface area contributed by atoms with Gasteiger partial charge in [-0.3, -0.25) is 4.90 Å². The smallest absolute Gasteiger partial charge is 0.161 e. The van der Waals surface area contributed by atoms with E-state index in [1.54, 1.807) is 0 Å². The van der Waals surface area contributed by atoms with Gasteiger partial charge >= 0.3 is 0 Å². The Labute approximate surface area is 126 Å². The quantitative estimate of drug-likeness (QED) is 0.829. The van der Waals surface area contributed by atoms with Crippen LogP contribution in [-0.2, 0) is 11.3 Å². The Morgan fingerprint density at radius 3 is 2.67 bits per heavy atom. The van der Waals surface area contributed by atoms with Crippen molar-refractivity contribution in [2.75, 3.05) is 33.4 Å². The zero-order chi connectivity index (χ0) is 15.2. The van der Waals surface area contributed by atoms with Crippen LogP contribution in [0.4, 0.5) is 0 Å². The molecule has 1 N–H and O–H groups in total. The van der Waals surface area contributed by atoms with E-state index in [2.05, 4.69) is 4.90 Å². The Kier molecular flexibility index (Phi) is 5.85. The highest BCUT2D eigenvalue weighted by molar-refractivity contribution is 5.43. The molecular weight excluding hydrogens is 270 g/mol. The van der Waals surface area contributed by atoms with Gasteiger partial charge in [0.1, 0.15) is 13.2 Å². The first-order valence-electron chi connectivity index (χ1n) is 7.41. The number of benzene rings is 1. The fourth-order valence-electron chi connectivity index (χ4n) is 2.28. The van der Waals surface area contributed by atoms with E-state index >= 15 is 0 Å². The number of hydrogen-bond donors (Lipinski definition) is 1. The molecule has 0 amide bonds. The van der Waals surface area contributed by atoms with Crippen LogP contribution in [-0.4, -0.2) is 55.6 Å². The van der Waals surface area contributed by atoms with Gasteiger partial charge < -0.3 is 19.3 Å². The molecule has 1 aliphatic rings. The second kappa shape index (κ2) is 7.64. The minimum absolute atomic E-state index is 0.141. The van der Waals surface area contributed by atoms with Gasteiger partial charge in [0, 0.05) is 13.1 Å². The first-order chi connectivity index (χ1) is 10.0. The maximum absolute atomic E-state index is 9.93. The summed E-state index contributed by atoms with van der Waals surface area (Å²) in [5, 5.41) is 9.93. The van der Waals surface area contributed by atoms with Crippen molar-refractivity contribution in [2.24, 2.45) is 0 Å². The van der Waals surface area contributed by atoms with Crippen molar-refractivity contribution in [2.45, 2.75) is 32.6 Å². The molecule has 21 heavy (non-hydrogen) atoms. The first kappa shape index (κ1) is 16.1. The summed E-state index contributed by atoms with van der Waals surface area (Å²) in [6, 6.07) is 5.97. The monoisotopic (exact) mass is 295 g/mol. The van der Waals surface area contributed by atoms with Crippen molar-refractivity contribution in [3.05, 3.63) is 23.8 Å².